The molecule has 17 heavy (non-hydrogen) atoms. The van der Waals surface area contributed by atoms with E-state index in [-0.39, 0.29) is 5.82 Å². The van der Waals surface area contributed by atoms with Gasteiger partial charge < -0.3 is 4.43 Å². The van der Waals surface area contributed by atoms with Crippen LogP contribution in [0, 0.1) is 5.82 Å². The molecular formula is C13H19FOSSi. The molecule has 0 spiro atoms. The SMILES string of the molecule is C=C(CCSc1ccc(F)cc1)O[Si](C)(C)C. The maximum absolute atomic E-state index is 12.7. The minimum absolute atomic E-state index is 0.194. The summed E-state index contributed by atoms with van der Waals surface area (Å²) in [5.41, 5.74) is 0. The number of benzene rings is 1. The van der Waals surface area contributed by atoms with Crippen molar-refractivity contribution in [3.8, 4) is 0 Å². The van der Waals surface area contributed by atoms with E-state index >= 15 is 0 Å². The van der Waals surface area contributed by atoms with Gasteiger partial charge in [0.05, 0.1) is 5.76 Å². The summed E-state index contributed by atoms with van der Waals surface area (Å²) in [5.74, 6) is 1.58. The molecule has 0 saturated carbocycles. The largest absolute Gasteiger partial charge is 0.548 e. The Hall–Kier alpha value is -0.743. The zero-order valence-electron chi connectivity index (χ0n) is 10.6. The van der Waals surface area contributed by atoms with Crippen LogP contribution in [-0.4, -0.2) is 14.1 Å². The van der Waals surface area contributed by atoms with Gasteiger partial charge in [-0.3, -0.25) is 0 Å². The van der Waals surface area contributed by atoms with E-state index in [0.29, 0.717) is 0 Å². The third-order valence-corrected chi connectivity index (χ3v) is 3.83. The van der Waals surface area contributed by atoms with Crippen LogP contribution < -0.4 is 0 Å². The maximum atomic E-state index is 12.7. The molecule has 0 fully saturated rings. The summed E-state index contributed by atoms with van der Waals surface area (Å²) in [6.45, 7) is 10.4. The molecule has 0 saturated heterocycles. The molecule has 0 aliphatic heterocycles. The molecule has 0 aliphatic rings. The highest BCUT2D eigenvalue weighted by molar-refractivity contribution is 7.99. The van der Waals surface area contributed by atoms with E-state index in [2.05, 4.69) is 26.2 Å². The molecular weight excluding hydrogens is 251 g/mol. The van der Waals surface area contributed by atoms with Crippen molar-refractivity contribution in [3.63, 3.8) is 0 Å². The number of rotatable bonds is 6. The topological polar surface area (TPSA) is 9.23 Å². The average molecular weight is 270 g/mol. The van der Waals surface area contributed by atoms with Gasteiger partial charge in [-0.1, -0.05) is 6.58 Å². The lowest BCUT2D eigenvalue weighted by molar-refractivity contribution is 0.409. The van der Waals surface area contributed by atoms with E-state index in [1.165, 1.54) is 12.1 Å². The smallest absolute Gasteiger partial charge is 0.241 e. The fourth-order valence-electron chi connectivity index (χ4n) is 1.30. The van der Waals surface area contributed by atoms with Crippen molar-refractivity contribution in [1.82, 2.24) is 0 Å². The fourth-order valence-corrected chi connectivity index (χ4v) is 3.16. The third-order valence-electron chi connectivity index (χ3n) is 1.91. The lowest BCUT2D eigenvalue weighted by Crippen LogP contribution is -2.24. The summed E-state index contributed by atoms with van der Waals surface area (Å²) < 4.78 is 18.4. The minimum Gasteiger partial charge on any atom is -0.548 e. The van der Waals surface area contributed by atoms with Crippen molar-refractivity contribution < 1.29 is 8.82 Å². The minimum atomic E-state index is -1.52. The highest BCUT2D eigenvalue weighted by Crippen LogP contribution is 2.21. The van der Waals surface area contributed by atoms with Gasteiger partial charge in [-0.05, 0) is 43.9 Å². The molecule has 0 atom stereocenters. The summed E-state index contributed by atoms with van der Waals surface area (Å²) in [4.78, 5) is 1.08. The van der Waals surface area contributed by atoms with E-state index in [1.807, 2.05) is 0 Å². The van der Waals surface area contributed by atoms with Gasteiger partial charge in [0.15, 0.2) is 0 Å². The van der Waals surface area contributed by atoms with Crippen LogP contribution in [-0.2, 0) is 4.43 Å². The summed E-state index contributed by atoms with van der Waals surface area (Å²) in [5, 5.41) is 0. The van der Waals surface area contributed by atoms with E-state index in [0.717, 1.165) is 22.8 Å². The van der Waals surface area contributed by atoms with Crippen LogP contribution in [0.3, 0.4) is 0 Å². The van der Waals surface area contributed by atoms with Crippen molar-refractivity contribution in [1.29, 1.82) is 0 Å². The fraction of sp³-hybridized carbons (Fsp3) is 0.385. The highest BCUT2D eigenvalue weighted by atomic mass is 32.2. The molecule has 4 heteroatoms. The number of hydrogen-bond acceptors (Lipinski definition) is 2. The first-order valence-electron chi connectivity index (χ1n) is 5.62. The quantitative estimate of drug-likeness (QED) is 0.422. The van der Waals surface area contributed by atoms with Crippen LogP contribution in [0.1, 0.15) is 6.42 Å². The molecule has 0 bridgehead atoms. The molecule has 1 rings (SSSR count). The van der Waals surface area contributed by atoms with Crippen molar-refractivity contribution in [2.75, 3.05) is 5.75 Å². The number of thioether (sulfide) groups is 1. The zero-order chi connectivity index (χ0) is 12.9. The Balaban J connectivity index is 2.28. The zero-order valence-corrected chi connectivity index (χ0v) is 12.4. The molecule has 0 heterocycles. The monoisotopic (exact) mass is 270 g/mol. The molecule has 0 aromatic heterocycles. The Kier molecular flexibility index (Phi) is 5.27. The van der Waals surface area contributed by atoms with Gasteiger partial charge in [0.25, 0.3) is 0 Å². The van der Waals surface area contributed by atoms with Crippen molar-refractivity contribution in [3.05, 3.63) is 42.4 Å². The summed E-state index contributed by atoms with van der Waals surface area (Å²) >= 11 is 1.69. The van der Waals surface area contributed by atoms with Crippen LogP contribution in [0.15, 0.2) is 41.5 Å². The van der Waals surface area contributed by atoms with Gasteiger partial charge in [0, 0.05) is 17.1 Å². The number of hydrogen-bond donors (Lipinski definition) is 0. The van der Waals surface area contributed by atoms with Crippen LogP contribution in [0.4, 0.5) is 4.39 Å². The van der Waals surface area contributed by atoms with E-state index in [9.17, 15) is 4.39 Å². The molecule has 0 amide bonds. The standard InChI is InChI=1S/C13H19FOSSi/c1-11(15-17(2,3)4)9-10-16-13-7-5-12(14)6-8-13/h5-8H,1,9-10H2,2-4H3. The first-order valence-corrected chi connectivity index (χ1v) is 10.0. The Morgan fingerprint density at radius 3 is 2.41 bits per heavy atom. The molecule has 0 radical (unpaired) electrons. The predicted octanol–water partition coefficient (Wildman–Crippen LogP) is 4.67. The van der Waals surface area contributed by atoms with Crippen molar-refractivity contribution in [2.45, 2.75) is 31.0 Å². The average Bonchev–Trinajstić information content (AvgIpc) is 2.18. The Bertz CT molecular complexity index is 370. The van der Waals surface area contributed by atoms with Crippen molar-refractivity contribution in [2.24, 2.45) is 0 Å². The second-order valence-electron chi connectivity index (χ2n) is 4.81. The van der Waals surface area contributed by atoms with Crippen LogP contribution >= 0.6 is 11.8 Å². The molecule has 0 unspecified atom stereocenters. The second kappa shape index (κ2) is 6.26. The molecule has 0 aliphatic carbocycles. The third kappa shape index (κ3) is 6.53. The maximum Gasteiger partial charge on any atom is 0.241 e. The van der Waals surface area contributed by atoms with Gasteiger partial charge in [0.1, 0.15) is 5.82 Å². The number of halogens is 1. The Morgan fingerprint density at radius 1 is 1.29 bits per heavy atom. The highest BCUT2D eigenvalue weighted by Gasteiger charge is 2.16. The molecule has 1 nitrogen and oxygen atoms in total. The molecule has 94 valence electrons. The summed E-state index contributed by atoms with van der Waals surface area (Å²) in [6.07, 6.45) is 0.840. The van der Waals surface area contributed by atoms with E-state index < -0.39 is 8.32 Å². The Labute approximate surface area is 108 Å². The van der Waals surface area contributed by atoms with Crippen LogP contribution in [0.2, 0.25) is 19.6 Å². The van der Waals surface area contributed by atoms with Gasteiger partial charge in [-0.15, -0.1) is 11.8 Å². The Morgan fingerprint density at radius 2 is 1.88 bits per heavy atom. The summed E-state index contributed by atoms with van der Waals surface area (Å²) in [6, 6.07) is 6.55. The van der Waals surface area contributed by atoms with E-state index in [4.69, 9.17) is 4.43 Å². The first-order chi connectivity index (χ1) is 7.87. The van der Waals surface area contributed by atoms with Gasteiger partial charge >= 0.3 is 0 Å². The lowest BCUT2D eigenvalue weighted by Gasteiger charge is -2.20. The first kappa shape index (κ1) is 14.3. The van der Waals surface area contributed by atoms with Gasteiger partial charge in [-0.25, -0.2) is 4.39 Å². The van der Waals surface area contributed by atoms with Gasteiger partial charge in [0.2, 0.25) is 8.32 Å². The van der Waals surface area contributed by atoms with Crippen LogP contribution in [0.25, 0.3) is 0 Å². The normalized spacial score (nSPS) is 11.3. The second-order valence-corrected chi connectivity index (χ2v) is 10.4. The molecule has 1 aromatic carbocycles. The van der Waals surface area contributed by atoms with Crippen LogP contribution in [0.5, 0.6) is 0 Å². The number of allylic oxidation sites excluding steroid dienone is 1. The summed E-state index contributed by atoms with van der Waals surface area (Å²) in [7, 11) is -1.52. The lowest BCUT2D eigenvalue weighted by atomic mass is 10.4. The molecule has 1 aromatic rings. The van der Waals surface area contributed by atoms with E-state index in [1.54, 1.807) is 23.9 Å². The molecule has 0 N–H and O–H groups in total. The predicted molar refractivity (Wildman–Crippen MR) is 75.3 cm³/mol. The van der Waals surface area contributed by atoms with Crippen molar-refractivity contribution >= 4 is 20.1 Å². The van der Waals surface area contributed by atoms with Gasteiger partial charge in [-0.2, -0.15) is 0 Å².